The topological polar surface area (TPSA) is 40.6 Å². The molecule has 2 heterocycles. The maximum absolute atomic E-state index is 13.4. The largest absolute Gasteiger partial charge is 0.335 e. The number of hydrogen-bond donors (Lipinski definition) is 0. The minimum atomic E-state index is 0.0612. The third-order valence-electron chi connectivity index (χ3n) is 6.29. The van der Waals surface area contributed by atoms with Crippen LogP contribution in [0.4, 0.5) is 5.69 Å². The van der Waals surface area contributed by atoms with Crippen molar-refractivity contribution in [2.75, 3.05) is 18.0 Å². The number of fused-ring (bicyclic) bond motifs is 1. The van der Waals surface area contributed by atoms with Gasteiger partial charge in [-0.15, -0.1) is 0 Å². The van der Waals surface area contributed by atoms with Gasteiger partial charge in [-0.3, -0.25) is 9.59 Å². The van der Waals surface area contributed by atoms with E-state index in [0.29, 0.717) is 12.5 Å². The number of hydrogen-bond acceptors (Lipinski definition) is 2. The fraction of sp³-hybridized carbons (Fsp3) is 0.417. The number of nitrogens with zero attached hydrogens (tertiary/aromatic N) is 2. The summed E-state index contributed by atoms with van der Waals surface area (Å²) < 4.78 is 0. The van der Waals surface area contributed by atoms with Gasteiger partial charge in [-0.05, 0) is 55.0 Å². The van der Waals surface area contributed by atoms with Crippen molar-refractivity contribution in [3.63, 3.8) is 0 Å². The predicted octanol–water partition coefficient (Wildman–Crippen LogP) is 4.39. The van der Waals surface area contributed by atoms with Crippen LogP contribution in [-0.2, 0) is 11.2 Å². The summed E-state index contributed by atoms with van der Waals surface area (Å²) in [7, 11) is 0. The number of benzene rings is 2. The van der Waals surface area contributed by atoms with Crippen molar-refractivity contribution in [1.29, 1.82) is 0 Å². The van der Waals surface area contributed by atoms with Crippen molar-refractivity contribution in [2.45, 2.75) is 51.5 Å². The van der Waals surface area contributed by atoms with Gasteiger partial charge in [-0.2, -0.15) is 0 Å². The Morgan fingerprint density at radius 1 is 1.11 bits per heavy atom. The highest BCUT2D eigenvalue weighted by atomic mass is 16.2. The van der Waals surface area contributed by atoms with Gasteiger partial charge < -0.3 is 9.80 Å². The van der Waals surface area contributed by atoms with Crippen LogP contribution in [0.25, 0.3) is 0 Å². The molecule has 1 saturated heterocycles. The molecule has 2 atom stereocenters. The fourth-order valence-corrected chi connectivity index (χ4v) is 4.92. The second-order valence-corrected chi connectivity index (χ2v) is 7.90. The quantitative estimate of drug-likeness (QED) is 0.794. The first kappa shape index (κ1) is 18.7. The number of likely N-dealkylation sites (tertiary alicyclic amines) is 1. The van der Waals surface area contributed by atoms with E-state index in [0.717, 1.165) is 49.0 Å². The highest BCUT2D eigenvalue weighted by molar-refractivity contribution is 5.98. The zero-order chi connectivity index (χ0) is 19.7. The summed E-state index contributed by atoms with van der Waals surface area (Å²) in [6, 6.07) is 16.7. The van der Waals surface area contributed by atoms with E-state index in [1.807, 2.05) is 24.3 Å². The van der Waals surface area contributed by atoms with Gasteiger partial charge >= 0.3 is 0 Å². The van der Waals surface area contributed by atoms with Crippen LogP contribution in [0.3, 0.4) is 0 Å². The lowest BCUT2D eigenvalue weighted by Gasteiger charge is -2.32. The summed E-state index contributed by atoms with van der Waals surface area (Å²) in [4.78, 5) is 29.0. The average molecular weight is 377 g/mol. The monoisotopic (exact) mass is 376 g/mol. The molecule has 0 aliphatic carbocycles. The first-order valence-electron chi connectivity index (χ1n) is 10.4. The van der Waals surface area contributed by atoms with Gasteiger partial charge in [0.15, 0.2) is 0 Å². The van der Waals surface area contributed by atoms with Crippen LogP contribution in [0, 0.1) is 0 Å². The van der Waals surface area contributed by atoms with Crippen molar-refractivity contribution in [3.8, 4) is 0 Å². The van der Waals surface area contributed by atoms with E-state index in [4.69, 9.17) is 0 Å². The molecule has 28 heavy (non-hydrogen) atoms. The second kappa shape index (κ2) is 7.78. The molecule has 0 spiro atoms. The molecule has 0 radical (unpaired) electrons. The average Bonchev–Trinajstić information content (AvgIpc) is 3.35. The number of amides is 2. The van der Waals surface area contributed by atoms with Gasteiger partial charge in [0.05, 0.1) is 0 Å². The minimum absolute atomic E-state index is 0.0612. The Hall–Kier alpha value is -2.62. The number of anilines is 1. The molecule has 0 bridgehead atoms. The predicted molar refractivity (Wildman–Crippen MR) is 112 cm³/mol. The highest BCUT2D eigenvalue weighted by Crippen LogP contribution is 2.35. The van der Waals surface area contributed by atoms with Crippen molar-refractivity contribution in [1.82, 2.24) is 4.90 Å². The lowest BCUT2D eigenvalue weighted by atomic mass is 9.87. The molecule has 2 aromatic carbocycles. The van der Waals surface area contributed by atoms with Gasteiger partial charge in [0, 0.05) is 43.2 Å². The first-order valence-corrected chi connectivity index (χ1v) is 10.4. The van der Waals surface area contributed by atoms with Crippen LogP contribution >= 0.6 is 0 Å². The molecule has 146 valence electrons. The molecule has 2 aromatic rings. The normalized spacial score (nSPS) is 19.6. The fourth-order valence-electron chi connectivity index (χ4n) is 4.92. The molecule has 2 amide bonds. The summed E-state index contributed by atoms with van der Waals surface area (Å²) in [6.45, 7) is 5.34. The molecule has 0 saturated carbocycles. The Labute approximate surface area is 167 Å². The van der Waals surface area contributed by atoms with Crippen LogP contribution < -0.4 is 4.90 Å². The standard InChI is InChI=1S/C24H28N2O2/c1-3-21(18-8-5-4-6-9-18)23-10-7-14-26(23)24(28)20-11-12-22-19(16-20)13-15-25(22)17(2)27/h4-6,8-9,11-12,16,21,23H,3,7,10,13-15H2,1-2H3. The molecule has 1 fully saturated rings. The van der Waals surface area contributed by atoms with E-state index in [1.54, 1.807) is 11.8 Å². The van der Waals surface area contributed by atoms with Crippen LogP contribution in [0.1, 0.15) is 60.5 Å². The second-order valence-electron chi connectivity index (χ2n) is 7.90. The highest BCUT2D eigenvalue weighted by Gasteiger charge is 2.35. The maximum Gasteiger partial charge on any atom is 0.254 e. The van der Waals surface area contributed by atoms with Gasteiger partial charge in [-0.25, -0.2) is 0 Å². The third-order valence-corrected chi connectivity index (χ3v) is 6.29. The van der Waals surface area contributed by atoms with Crippen molar-refractivity contribution < 1.29 is 9.59 Å². The van der Waals surface area contributed by atoms with E-state index in [2.05, 4.69) is 36.1 Å². The molecular formula is C24H28N2O2. The van der Waals surface area contributed by atoms with Gasteiger partial charge in [0.2, 0.25) is 5.91 Å². The lowest BCUT2D eigenvalue weighted by molar-refractivity contribution is -0.116. The maximum atomic E-state index is 13.4. The molecule has 4 nitrogen and oxygen atoms in total. The van der Waals surface area contributed by atoms with Crippen molar-refractivity contribution in [2.24, 2.45) is 0 Å². The van der Waals surface area contributed by atoms with Crippen molar-refractivity contribution in [3.05, 3.63) is 65.2 Å². The van der Waals surface area contributed by atoms with Crippen LogP contribution in [-0.4, -0.2) is 35.8 Å². The van der Waals surface area contributed by atoms with Crippen LogP contribution in [0.2, 0.25) is 0 Å². The molecular weight excluding hydrogens is 348 g/mol. The van der Waals surface area contributed by atoms with Crippen LogP contribution in [0.15, 0.2) is 48.5 Å². The number of rotatable bonds is 4. The molecule has 4 rings (SSSR count). The molecule has 0 N–H and O–H groups in total. The van der Waals surface area contributed by atoms with E-state index in [9.17, 15) is 9.59 Å². The summed E-state index contributed by atoms with van der Waals surface area (Å²) in [5.74, 6) is 0.558. The van der Waals surface area contributed by atoms with E-state index >= 15 is 0 Å². The molecule has 2 aliphatic heterocycles. The Morgan fingerprint density at radius 3 is 2.61 bits per heavy atom. The summed E-state index contributed by atoms with van der Waals surface area (Å²) in [5.41, 5.74) is 4.13. The number of carbonyl (C=O) groups excluding carboxylic acids is 2. The van der Waals surface area contributed by atoms with Gasteiger partial charge in [-0.1, -0.05) is 37.3 Å². The third kappa shape index (κ3) is 3.32. The zero-order valence-corrected chi connectivity index (χ0v) is 16.7. The minimum Gasteiger partial charge on any atom is -0.335 e. The Morgan fingerprint density at radius 2 is 1.89 bits per heavy atom. The number of carbonyl (C=O) groups is 2. The van der Waals surface area contributed by atoms with Crippen LogP contribution in [0.5, 0.6) is 0 Å². The van der Waals surface area contributed by atoms with Crippen molar-refractivity contribution >= 4 is 17.5 Å². The first-order chi connectivity index (χ1) is 13.6. The Bertz CT molecular complexity index is 877. The Balaban J connectivity index is 1.58. The summed E-state index contributed by atoms with van der Waals surface area (Å²) >= 11 is 0. The molecule has 2 unspecified atom stereocenters. The SMILES string of the molecule is CCC(c1ccccc1)C1CCCN1C(=O)c1ccc2c(c1)CCN2C(C)=O. The van der Waals surface area contributed by atoms with E-state index in [1.165, 1.54) is 5.56 Å². The summed E-state index contributed by atoms with van der Waals surface area (Å²) in [5, 5.41) is 0. The Kier molecular flexibility index (Phi) is 5.21. The zero-order valence-electron chi connectivity index (χ0n) is 16.7. The van der Waals surface area contributed by atoms with E-state index in [-0.39, 0.29) is 17.9 Å². The lowest BCUT2D eigenvalue weighted by Crippen LogP contribution is -2.39. The smallest absolute Gasteiger partial charge is 0.254 e. The summed E-state index contributed by atoms with van der Waals surface area (Å²) in [6.07, 6.45) is 3.96. The van der Waals surface area contributed by atoms with Gasteiger partial charge in [0.25, 0.3) is 5.91 Å². The van der Waals surface area contributed by atoms with E-state index < -0.39 is 0 Å². The molecule has 2 aliphatic rings. The molecule has 0 aromatic heterocycles. The molecule has 4 heteroatoms. The van der Waals surface area contributed by atoms with Gasteiger partial charge in [0.1, 0.15) is 0 Å².